The Hall–Kier alpha value is -2.24. The lowest BCUT2D eigenvalue weighted by Gasteiger charge is -2.21. The summed E-state index contributed by atoms with van der Waals surface area (Å²) in [5, 5.41) is 5.82. The number of carbonyl (C=O) groups excluding carboxylic acids is 1. The largest absolute Gasteiger partial charge is 0.444 e. The van der Waals surface area contributed by atoms with Crippen LogP contribution in [0.2, 0.25) is 0 Å². The standard InChI is InChI=1S/C18H30N4O2/c1-5-6-10-15(13-20-17(23)24-18(2,3)4)22-16(19)21-14-11-8-7-9-12-14/h7-9,11-12,15H,5-6,10,13H2,1-4H3,(H,20,23)(H3,19,21,22). The SMILES string of the molecule is CCCCC(CNC(=O)OC(C)(C)C)N=C(N)Nc1ccccc1. The monoisotopic (exact) mass is 334 g/mol. The van der Waals surface area contributed by atoms with Gasteiger partial charge >= 0.3 is 6.09 Å². The van der Waals surface area contributed by atoms with E-state index in [9.17, 15) is 4.79 Å². The Bertz CT molecular complexity index is 524. The molecule has 6 nitrogen and oxygen atoms in total. The lowest BCUT2D eigenvalue weighted by atomic mass is 10.1. The maximum Gasteiger partial charge on any atom is 0.407 e. The van der Waals surface area contributed by atoms with Crippen molar-refractivity contribution in [1.29, 1.82) is 0 Å². The molecule has 1 atom stereocenters. The van der Waals surface area contributed by atoms with E-state index in [1.165, 1.54) is 0 Å². The Labute approximate surface area is 144 Å². The molecule has 0 saturated carbocycles. The van der Waals surface area contributed by atoms with Crippen molar-refractivity contribution in [3.8, 4) is 0 Å². The van der Waals surface area contributed by atoms with Crippen molar-refractivity contribution < 1.29 is 9.53 Å². The maximum absolute atomic E-state index is 11.8. The molecular formula is C18H30N4O2. The van der Waals surface area contributed by atoms with Gasteiger partial charge in [-0.1, -0.05) is 38.0 Å². The molecule has 4 N–H and O–H groups in total. The average Bonchev–Trinajstić information content (AvgIpc) is 2.49. The first-order valence-electron chi connectivity index (χ1n) is 8.42. The summed E-state index contributed by atoms with van der Waals surface area (Å²) in [7, 11) is 0. The summed E-state index contributed by atoms with van der Waals surface area (Å²) in [5.41, 5.74) is 6.35. The van der Waals surface area contributed by atoms with Crippen molar-refractivity contribution in [1.82, 2.24) is 5.32 Å². The average molecular weight is 334 g/mol. The number of nitrogens with two attached hydrogens (primary N) is 1. The smallest absolute Gasteiger partial charge is 0.407 e. The van der Waals surface area contributed by atoms with Crippen molar-refractivity contribution >= 4 is 17.7 Å². The van der Waals surface area contributed by atoms with E-state index in [4.69, 9.17) is 10.5 Å². The predicted octanol–water partition coefficient (Wildman–Crippen LogP) is 3.50. The van der Waals surface area contributed by atoms with Gasteiger partial charge in [-0.25, -0.2) is 9.79 Å². The maximum atomic E-state index is 11.8. The van der Waals surface area contributed by atoms with E-state index in [1.54, 1.807) is 0 Å². The van der Waals surface area contributed by atoms with E-state index in [2.05, 4.69) is 22.5 Å². The lowest BCUT2D eigenvalue weighted by Crippen LogP contribution is -2.37. The van der Waals surface area contributed by atoms with Gasteiger partial charge in [0, 0.05) is 12.2 Å². The number of hydrogen-bond donors (Lipinski definition) is 3. The lowest BCUT2D eigenvalue weighted by molar-refractivity contribution is 0.0524. The minimum Gasteiger partial charge on any atom is -0.444 e. The number of aliphatic imine (C=N–C) groups is 1. The molecule has 24 heavy (non-hydrogen) atoms. The highest BCUT2D eigenvalue weighted by atomic mass is 16.6. The van der Waals surface area contributed by atoms with Crippen molar-refractivity contribution in [2.75, 3.05) is 11.9 Å². The number of amides is 1. The number of hydrogen-bond acceptors (Lipinski definition) is 3. The van der Waals surface area contributed by atoms with Crippen molar-refractivity contribution in [2.24, 2.45) is 10.7 Å². The van der Waals surface area contributed by atoms with Gasteiger partial charge in [0.25, 0.3) is 0 Å². The second-order valence-electron chi connectivity index (χ2n) is 6.68. The quantitative estimate of drug-likeness (QED) is 0.526. The van der Waals surface area contributed by atoms with Crippen LogP contribution >= 0.6 is 0 Å². The Kier molecular flexibility index (Phi) is 8.09. The number of nitrogens with one attached hydrogen (secondary N) is 2. The number of anilines is 1. The highest BCUT2D eigenvalue weighted by molar-refractivity contribution is 5.92. The Morgan fingerprint density at radius 1 is 1.29 bits per heavy atom. The van der Waals surface area contributed by atoms with E-state index in [0.29, 0.717) is 12.5 Å². The highest BCUT2D eigenvalue weighted by Crippen LogP contribution is 2.09. The molecule has 1 rings (SSSR count). The molecule has 1 aromatic carbocycles. The third-order valence-corrected chi connectivity index (χ3v) is 3.14. The van der Waals surface area contributed by atoms with Crippen molar-refractivity contribution in [3.63, 3.8) is 0 Å². The Morgan fingerprint density at radius 2 is 1.96 bits per heavy atom. The van der Waals surface area contributed by atoms with Crippen LogP contribution < -0.4 is 16.4 Å². The van der Waals surface area contributed by atoms with Gasteiger partial charge in [-0.15, -0.1) is 0 Å². The third-order valence-electron chi connectivity index (χ3n) is 3.14. The molecule has 0 aliphatic carbocycles. The molecule has 0 saturated heterocycles. The number of benzene rings is 1. The molecule has 0 aliphatic heterocycles. The van der Waals surface area contributed by atoms with Gasteiger partial charge in [0.1, 0.15) is 5.60 Å². The topological polar surface area (TPSA) is 88.7 Å². The first kappa shape index (κ1) is 19.8. The number of ether oxygens (including phenoxy) is 1. The zero-order valence-electron chi connectivity index (χ0n) is 15.1. The number of carbonyl (C=O) groups is 1. The van der Waals surface area contributed by atoms with Gasteiger partial charge in [-0.3, -0.25) is 0 Å². The summed E-state index contributed by atoms with van der Waals surface area (Å²) in [4.78, 5) is 16.3. The summed E-state index contributed by atoms with van der Waals surface area (Å²) in [6.45, 7) is 8.02. The van der Waals surface area contributed by atoms with Crippen LogP contribution in [0.5, 0.6) is 0 Å². The molecule has 134 valence electrons. The molecule has 0 heterocycles. The Morgan fingerprint density at radius 3 is 2.54 bits per heavy atom. The van der Waals surface area contributed by atoms with E-state index >= 15 is 0 Å². The van der Waals surface area contributed by atoms with Gasteiger partial charge in [0.05, 0.1) is 6.04 Å². The normalized spacial score (nSPS) is 13.2. The summed E-state index contributed by atoms with van der Waals surface area (Å²) in [5.74, 6) is 0.341. The second kappa shape index (κ2) is 9.80. The number of unbranched alkanes of at least 4 members (excludes halogenated alkanes) is 1. The van der Waals surface area contributed by atoms with Crippen LogP contribution in [0.15, 0.2) is 35.3 Å². The van der Waals surface area contributed by atoms with Crippen LogP contribution in [0.25, 0.3) is 0 Å². The Balaban J connectivity index is 2.60. The molecule has 6 heteroatoms. The third kappa shape index (κ3) is 9.02. The minimum absolute atomic E-state index is 0.0892. The molecule has 0 fully saturated rings. The van der Waals surface area contributed by atoms with Crippen molar-refractivity contribution in [3.05, 3.63) is 30.3 Å². The summed E-state index contributed by atoms with van der Waals surface area (Å²) >= 11 is 0. The van der Waals surface area contributed by atoms with Crippen LogP contribution in [0.4, 0.5) is 10.5 Å². The zero-order chi connectivity index (χ0) is 18.0. The molecule has 0 aromatic heterocycles. The minimum atomic E-state index is -0.514. The first-order chi connectivity index (χ1) is 11.3. The molecule has 1 amide bonds. The van der Waals surface area contributed by atoms with E-state index < -0.39 is 11.7 Å². The molecule has 0 aliphatic rings. The molecule has 1 unspecified atom stereocenters. The highest BCUT2D eigenvalue weighted by Gasteiger charge is 2.17. The fourth-order valence-corrected chi connectivity index (χ4v) is 2.07. The van der Waals surface area contributed by atoms with E-state index in [1.807, 2.05) is 51.1 Å². The predicted molar refractivity (Wildman–Crippen MR) is 99.2 cm³/mol. The second-order valence-corrected chi connectivity index (χ2v) is 6.68. The molecule has 0 bridgehead atoms. The van der Waals surface area contributed by atoms with Gasteiger partial charge in [0.15, 0.2) is 5.96 Å². The number of rotatable bonds is 7. The fraction of sp³-hybridized carbons (Fsp3) is 0.556. The van der Waals surface area contributed by atoms with Gasteiger partial charge in [-0.2, -0.15) is 0 Å². The summed E-state index contributed by atoms with van der Waals surface area (Å²) in [6, 6.07) is 9.54. The number of guanidine groups is 1. The summed E-state index contributed by atoms with van der Waals surface area (Å²) in [6.07, 6.45) is 2.49. The molecular weight excluding hydrogens is 304 g/mol. The fourth-order valence-electron chi connectivity index (χ4n) is 2.07. The zero-order valence-corrected chi connectivity index (χ0v) is 15.1. The molecule has 0 radical (unpaired) electrons. The van der Waals surface area contributed by atoms with E-state index in [-0.39, 0.29) is 6.04 Å². The van der Waals surface area contributed by atoms with Crippen LogP contribution in [0.1, 0.15) is 47.0 Å². The first-order valence-corrected chi connectivity index (χ1v) is 8.42. The summed E-state index contributed by atoms with van der Waals surface area (Å²) < 4.78 is 5.25. The van der Waals surface area contributed by atoms with Crippen molar-refractivity contribution in [2.45, 2.75) is 58.6 Å². The molecule has 0 spiro atoms. The van der Waals surface area contributed by atoms with Gasteiger partial charge < -0.3 is 21.1 Å². The number of alkyl carbamates (subject to hydrolysis) is 1. The molecule has 1 aromatic rings. The van der Waals surface area contributed by atoms with Crippen LogP contribution in [0, 0.1) is 0 Å². The van der Waals surface area contributed by atoms with E-state index in [0.717, 1.165) is 24.9 Å². The van der Waals surface area contributed by atoms with Crippen LogP contribution in [0.3, 0.4) is 0 Å². The number of para-hydroxylation sites is 1. The number of nitrogens with zero attached hydrogens (tertiary/aromatic N) is 1. The van der Waals surface area contributed by atoms with Gasteiger partial charge in [0.2, 0.25) is 0 Å². The van der Waals surface area contributed by atoms with Gasteiger partial charge in [-0.05, 0) is 39.3 Å². The van der Waals surface area contributed by atoms with Crippen LogP contribution in [-0.4, -0.2) is 30.2 Å². The van der Waals surface area contributed by atoms with Crippen LogP contribution in [-0.2, 0) is 4.74 Å².